The molecular weight excluding hydrogens is 532 g/mol. The van der Waals surface area contributed by atoms with Crippen molar-refractivity contribution in [1.82, 2.24) is 9.55 Å². The Balaban J connectivity index is 1.35. The van der Waals surface area contributed by atoms with Crippen LogP contribution >= 0.6 is 0 Å². The molecular formula is C33H24F4N2O2. The Morgan fingerprint density at radius 1 is 0.805 bits per heavy atom. The number of fused-ring (bicyclic) bond motifs is 2. The third kappa shape index (κ3) is 5.14. The van der Waals surface area contributed by atoms with Crippen LogP contribution in [0, 0.1) is 5.82 Å². The fraction of sp³-hybridized carbons (Fsp3) is 0.121. The van der Waals surface area contributed by atoms with Gasteiger partial charge >= 0.3 is 6.18 Å². The lowest BCUT2D eigenvalue weighted by Crippen LogP contribution is -2.45. The predicted molar refractivity (Wildman–Crippen MR) is 150 cm³/mol. The molecule has 6 aromatic rings. The third-order valence-corrected chi connectivity index (χ3v) is 7.25. The fourth-order valence-electron chi connectivity index (χ4n) is 5.02. The minimum atomic E-state index is -4.99. The summed E-state index contributed by atoms with van der Waals surface area (Å²) in [4.78, 5) is 4.19. The van der Waals surface area contributed by atoms with Gasteiger partial charge in [0.1, 0.15) is 18.2 Å². The quantitative estimate of drug-likeness (QED) is 0.203. The van der Waals surface area contributed by atoms with Crippen LogP contribution in [-0.4, -0.2) is 20.8 Å². The zero-order valence-electron chi connectivity index (χ0n) is 21.6. The number of rotatable bonds is 7. The van der Waals surface area contributed by atoms with Crippen molar-refractivity contribution in [2.75, 3.05) is 0 Å². The molecule has 0 aliphatic rings. The van der Waals surface area contributed by atoms with E-state index in [-0.39, 0.29) is 5.56 Å². The molecule has 0 amide bonds. The molecule has 206 valence electrons. The Hall–Kier alpha value is -4.69. The van der Waals surface area contributed by atoms with E-state index in [0.717, 1.165) is 5.56 Å². The first-order valence-electron chi connectivity index (χ1n) is 12.9. The van der Waals surface area contributed by atoms with E-state index in [1.54, 1.807) is 42.6 Å². The molecule has 0 fully saturated rings. The van der Waals surface area contributed by atoms with Crippen LogP contribution in [0.2, 0.25) is 0 Å². The Bertz CT molecular complexity index is 1830. The number of aliphatic hydroxyl groups is 1. The van der Waals surface area contributed by atoms with Crippen LogP contribution in [-0.2, 0) is 18.8 Å². The lowest BCUT2D eigenvalue weighted by molar-refractivity contribution is -0.271. The summed E-state index contributed by atoms with van der Waals surface area (Å²) in [7, 11) is 0. The lowest BCUT2D eigenvalue weighted by atomic mass is 9.90. The van der Waals surface area contributed by atoms with Gasteiger partial charge in [0.2, 0.25) is 5.60 Å². The number of halogens is 4. The molecule has 4 aromatic carbocycles. The number of hydrogen-bond donors (Lipinski definition) is 1. The number of hydrogen-bond acceptors (Lipinski definition) is 3. The van der Waals surface area contributed by atoms with Crippen LogP contribution in [0.15, 0.2) is 116 Å². The number of benzene rings is 4. The Labute approximate surface area is 233 Å². The van der Waals surface area contributed by atoms with Gasteiger partial charge in [-0.25, -0.2) is 4.39 Å². The number of ether oxygens (including phenoxy) is 1. The van der Waals surface area contributed by atoms with Gasteiger partial charge in [0.25, 0.3) is 0 Å². The van der Waals surface area contributed by atoms with Gasteiger partial charge in [0, 0.05) is 35.6 Å². The Morgan fingerprint density at radius 3 is 2.34 bits per heavy atom. The molecule has 2 aromatic heterocycles. The third-order valence-electron chi connectivity index (χ3n) is 7.25. The number of nitrogens with zero attached hydrogens (tertiary/aromatic N) is 2. The van der Waals surface area contributed by atoms with E-state index in [9.17, 15) is 22.7 Å². The minimum Gasteiger partial charge on any atom is -0.489 e. The van der Waals surface area contributed by atoms with Gasteiger partial charge in [-0.15, -0.1) is 0 Å². The molecule has 0 bridgehead atoms. The van der Waals surface area contributed by atoms with Crippen molar-refractivity contribution in [2.45, 2.75) is 24.9 Å². The monoisotopic (exact) mass is 556 g/mol. The van der Waals surface area contributed by atoms with Crippen molar-refractivity contribution in [1.29, 1.82) is 0 Å². The van der Waals surface area contributed by atoms with Crippen LogP contribution in [0.25, 0.3) is 32.8 Å². The summed E-state index contributed by atoms with van der Waals surface area (Å²) in [5.41, 5.74) is -0.729. The first kappa shape index (κ1) is 26.5. The fourth-order valence-corrected chi connectivity index (χ4v) is 5.02. The lowest BCUT2D eigenvalue weighted by Gasteiger charge is -2.32. The van der Waals surface area contributed by atoms with Crippen molar-refractivity contribution >= 4 is 21.7 Å². The molecule has 2 heterocycles. The molecule has 41 heavy (non-hydrogen) atoms. The van der Waals surface area contributed by atoms with Crippen LogP contribution in [0.3, 0.4) is 0 Å². The maximum Gasteiger partial charge on any atom is 0.423 e. The summed E-state index contributed by atoms with van der Waals surface area (Å²) < 4.78 is 64.5. The summed E-state index contributed by atoms with van der Waals surface area (Å²) in [6.07, 6.45) is -0.434. The summed E-state index contributed by atoms with van der Waals surface area (Å²) in [6.45, 7) is -0.455. The zero-order chi connectivity index (χ0) is 28.6. The smallest absolute Gasteiger partial charge is 0.423 e. The van der Waals surface area contributed by atoms with Crippen molar-refractivity contribution in [3.05, 3.63) is 133 Å². The molecule has 0 radical (unpaired) electrons. The molecule has 8 heteroatoms. The van der Waals surface area contributed by atoms with Gasteiger partial charge in [-0.2, -0.15) is 13.2 Å². The van der Waals surface area contributed by atoms with Gasteiger partial charge < -0.3 is 14.4 Å². The molecule has 6 rings (SSSR count). The highest BCUT2D eigenvalue weighted by Gasteiger charge is 2.55. The molecule has 0 spiro atoms. The largest absolute Gasteiger partial charge is 0.489 e. The van der Waals surface area contributed by atoms with E-state index in [0.29, 0.717) is 45.2 Å². The maximum atomic E-state index is 14.6. The normalized spacial score (nSPS) is 13.4. The van der Waals surface area contributed by atoms with E-state index >= 15 is 0 Å². The standard InChI is InChI=1S/C33H24F4N2O2/c34-27-10-6-23(7-11-27)30-19-38-18-25-16-26(9-13-29(25)30)32(40,33(35,36)37)21-39-15-14-24-8-12-28(17-31(24)39)41-20-22-4-2-1-3-5-22/h1-19,40H,20-21H2. The molecule has 1 atom stereocenters. The van der Waals surface area contributed by atoms with Crippen molar-refractivity contribution in [3.63, 3.8) is 0 Å². The van der Waals surface area contributed by atoms with E-state index in [1.165, 1.54) is 47.3 Å². The van der Waals surface area contributed by atoms with Crippen LogP contribution in [0.1, 0.15) is 11.1 Å². The Kier molecular flexibility index (Phi) is 6.71. The van der Waals surface area contributed by atoms with Crippen LogP contribution in [0.4, 0.5) is 17.6 Å². The average molecular weight is 557 g/mol. The Morgan fingerprint density at radius 2 is 1.59 bits per heavy atom. The van der Waals surface area contributed by atoms with E-state index in [4.69, 9.17) is 4.74 Å². The van der Waals surface area contributed by atoms with E-state index in [2.05, 4.69) is 4.98 Å². The topological polar surface area (TPSA) is 47.3 Å². The first-order chi connectivity index (χ1) is 19.7. The van der Waals surface area contributed by atoms with Gasteiger partial charge in [-0.05, 0) is 63.9 Å². The molecule has 0 aliphatic carbocycles. The minimum absolute atomic E-state index is 0.310. The molecule has 0 saturated heterocycles. The highest BCUT2D eigenvalue weighted by atomic mass is 19.4. The number of alkyl halides is 3. The first-order valence-corrected chi connectivity index (χ1v) is 12.9. The summed E-state index contributed by atoms with van der Waals surface area (Å²) in [5, 5.41) is 13.1. The highest BCUT2D eigenvalue weighted by molar-refractivity contribution is 5.96. The van der Waals surface area contributed by atoms with E-state index < -0.39 is 24.1 Å². The van der Waals surface area contributed by atoms with Crippen molar-refractivity contribution in [3.8, 4) is 16.9 Å². The number of aromatic nitrogens is 2. The summed E-state index contributed by atoms with van der Waals surface area (Å²) in [5.74, 6) is 0.105. The predicted octanol–water partition coefficient (Wildman–Crippen LogP) is 8.02. The molecule has 1 N–H and O–H groups in total. The highest BCUT2D eigenvalue weighted by Crippen LogP contribution is 2.42. The van der Waals surface area contributed by atoms with Crippen LogP contribution in [0.5, 0.6) is 5.75 Å². The zero-order valence-corrected chi connectivity index (χ0v) is 21.6. The van der Waals surface area contributed by atoms with Gasteiger partial charge in [-0.3, -0.25) is 4.98 Å². The number of pyridine rings is 1. The molecule has 1 unspecified atom stereocenters. The second-order valence-corrected chi connectivity index (χ2v) is 9.93. The summed E-state index contributed by atoms with van der Waals surface area (Å²) >= 11 is 0. The van der Waals surface area contributed by atoms with Crippen LogP contribution < -0.4 is 4.74 Å². The molecule has 4 nitrogen and oxygen atoms in total. The molecule has 0 aliphatic heterocycles. The average Bonchev–Trinajstić information content (AvgIpc) is 3.37. The molecule has 0 saturated carbocycles. The second kappa shape index (κ2) is 10.4. The van der Waals surface area contributed by atoms with Gasteiger partial charge in [0.05, 0.1) is 12.1 Å². The van der Waals surface area contributed by atoms with Crippen molar-refractivity contribution in [2.24, 2.45) is 0 Å². The van der Waals surface area contributed by atoms with Crippen molar-refractivity contribution < 1.29 is 27.4 Å². The second-order valence-electron chi connectivity index (χ2n) is 9.93. The maximum absolute atomic E-state index is 14.6. The van der Waals surface area contributed by atoms with Gasteiger partial charge in [0.15, 0.2) is 0 Å². The summed E-state index contributed by atoms with van der Waals surface area (Å²) in [6, 6.07) is 26.4. The SMILES string of the molecule is OC(Cn1ccc2ccc(OCc3ccccc3)cc21)(c1ccc2c(-c3ccc(F)cc3)cncc2c1)C(F)(F)F. The van der Waals surface area contributed by atoms with Gasteiger partial charge in [-0.1, -0.05) is 54.6 Å². The van der Waals surface area contributed by atoms with E-state index in [1.807, 2.05) is 30.3 Å².